The Morgan fingerprint density at radius 3 is 2.50 bits per heavy atom. The summed E-state index contributed by atoms with van der Waals surface area (Å²) >= 11 is 7.28. The van der Waals surface area contributed by atoms with Crippen molar-refractivity contribution in [2.75, 3.05) is 13.1 Å². The molecule has 0 saturated carbocycles. The number of benzene rings is 1. The van der Waals surface area contributed by atoms with Crippen LogP contribution in [-0.4, -0.2) is 43.1 Å². The molecule has 0 radical (unpaired) electrons. The Morgan fingerprint density at radius 2 is 1.90 bits per heavy atom. The van der Waals surface area contributed by atoms with Gasteiger partial charge in [-0.1, -0.05) is 30.3 Å². The fourth-order valence-electron chi connectivity index (χ4n) is 3.15. The molecule has 0 atom stereocenters. The first-order chi connectivity index (χ1) is 14.3. The zero-order chi connectivity index (χ0) is 21.7. The maximum absolute atomic E-state index is 12.1. The molecule has 2 aromatic heterocycles. The zero-order valence-corrected chi connectivity index (χ0v) is 19.4. The van der Waals surface area contributed by atoms with Crippen LogP contribution in [0.25, 0.3) is 11.2 Å². The lowest BCUT2D eigenvalue weighted by Gasteiger charge is -2.30. The van der Waals surface area contributed by atoms with Gasteiger partial charge >= 0.3 is 6.18 Å². The van der Waals surface area contributed by atoms with Crippen molar-refractivity contribution in [2.45, 2.75) is 25.6 Å². The van der Waals surface area contributed by atoms with Gasteiger partial charge in [-0.3, -0.25) is 14.3 Å². The third kappa shape index (κ3) is 5.86. The van der Waals surface area contributed by atoms with E-state index >= 15 is 0 Å². The molecule has 0 amide bonds. The van der Waals surface area contributed by atoms with Crippen LogP contribution in [0.1, 0.15) is 18.4 Å². The highest BCUT2D eigenvalue weighted by Crippen LogP contribution is 2.36. The first-order valence-corrected chi connectivity index (χ1v) is 12.8. The van der Waals surface area contributed by atoms with Crippen LogP contribution in [-0.2, 0) is 6.54 Å². The molecule has 6 nitrogen and oxygen atoms in total. The number of nitrogens with one attached hydrogen (secondary N) is 2. The molecule has 3 aromatic rings. The maximum atomic E-state index is 12.1. The lowest BCUT2D eigenvalue weighted by molar-refractivity contribution is -0.182. The number of aromatic amines is 2. The van der Waals surface area contributed by atoms with E-state index in [1.54, 1.807) is 4.57 Å². The first-order valence-electron chi connectivity index (χ1n) is 9.10. The number of hydrogen-bond acceptors (Lipinski definition) is 5. The second kappa shape index (κ2) is 10.3. The van der Waals surface area contributed by atoms with E-state index in [9.17, 15) is 18.0 Å². The van der Waals surface area contributed by atoms with Gasteiger partial charge in [0.1, 0.15) is 5.52 Å². The van der Waals surface area contributed by atoms with Crippen LogP contribution < -0.4 is 5.56 Å². The van der Waals surface area contributed by atoms with E-state index in [0.717, 1.165) is 5.56 Å². The number of H-pyrrole nitrogens is 2. The molecular formula is C18H19F3IN5OS2. The summed E-state index contributed by atoms with van der Waals surface area (Å²) in [6.45, 7) is 1.69. The minimum Gasteiger partial charge on any atom is -0.339 e. The van der Waals surface area contributed by atoms with Gasteiger partial charge < -0.3 is 4.98 Å². The molecule has 4 rings (SSSR count). The molecule has 1 fully saturated rings. The normalized spacial score (nSPS) is 15.7. The fraction of sp³-hybridized carbons (Fsp3) is 0.389. The average Bonchev–Trinajstić information content (AvgIpc) is 3.22. The van der Waals surface area contributed by atoms with Crippen molar-refractivity contribution in [2.24, 2.45) is 5.92 Å². The van der Waals surface area contributed by atoms with Crippen LogP contribution in [0.4, 0.5) is 13.2 Å². The molecular weight excluding hydrogens is 550 g/mol. The summed E-state index contributed by atoms with van der Waals surface area (Å²) < 4.78 is 40.6. The minimum absolute atomic E-state index is 0.239. The summed E-state index contributed by atoms with van der Waals surface area (Å²) in [5.41, 5.74) is 1.88. The highest BCUT2D eigenvalue weighted by atomic mass is 127. The third-order valence-corrected chi connectivity index (χ3v) is 7.32. The Balaban J connectivity index is 0.000000187. The van der Waals surface area contributed by atoms with Crippen molar-refractivity contribution in [3.05, 3.63) is 57.3 Å². The average molecular weight is 569 g/mol. The summed E-state index contributed by atoms with van der Waals surface area (Å²) in [6.07, 6.45) is -1.99. The first kappa shape index (κ1) is 23.3. The molecule has 1 aliphatic heterocycles. The van der Waals surface area contributed by atoms with Crippen molar-refractivity contribution < 1.29 is 13.2 Å². The second-order valence-electron chi connectivity index (χ2n) is 6.75. The van der Waals surface area contributed by atoms with Crippen molar-refractivity contribution in [1.29, 1.82) is 0 Å². The maximum Gasteiger partial charge on any atom is 0.391 e. The fourth-order valence-corrected chi connectivity index (χ4v) is 4.92. The zero-order valence-electron chi connectivity index (χ0n) is 15.7. The largest absolute Gasteiger partial charge is 0.391 e. The SMILES string of the molecule is FC(F)(F)C1CCN(SI)CC1.O=c1[nH]c(=S)n(Cc2ccccc2)c2nc[nH]c12. The molecule has 12 heteroatoms. The molecule has 0 bridgehead atoms. The summed E-state index contributed by atoms with van der Waals surface area (Å²) in [4.78, 5) is 21.3. The number of nitrogens with zero attached hydrogens (tertiary/aromatic N) is 3. The molecule has 162 valence electrons. The Hall–Kier alpha value is -1.38. The van der Waals surface area contributed by atoms with Gasteiger partial charge in [0.05, 0.1) is 18.8 Å². The van der Waals surface area contributed by atoms with Gasteiger partial charge in [0.25, 0.3) is 5.56 Å². The Labute approximate surface area is 192 Å². The lowest BCUT2D eigenvalue weighted by atomic mass is 9.98. The van der Waals surface area contributed by atoms with Gasteiger partial charge in [0.15, 0.2) is 10.4 Å². The topological polar surface area (TPSA) is 69.7 Å². The lowest BCUT2D eigenvalue weighted by Crippen LogP contribution is -2.35. The van der Waals surface area contributed by atoms with Crippen LogP contribution >= 0.6 is 42.5 Å². The number of imidazole rings is 1. The van der Waals surface area contributed by atoms with Gasteiger partial charge in [-0.2, -0.15) is 13.2 Å². The molecule has 3 heterocycles. The molecule has 30 heavy (non-hydrogen) atoms. The quantitative estimate of drug-likeness (QED) is 0.262. The van der Waals surface area contributed by atoms with Crippen LogP contribution in [0.3, 0.4) is 0 Å². The number of piperidine rings is 1. The third-order valence-electron chi connectivity index (χ3n) is 4.77. The smallest absolute Gasteiger partial charge is 0.339 e. The van der Waals surface area contributed by atoms with Crippen molar-refractivity contribution >= 4 is 53.7 Å². The predicted octanol–water partition coefficient (Wildman–Crippen LogP) is 5.09. The second-order valence-corrected chi connectivity index (χ2v) is 8.97. The number of hydrogen-bond donors (Lipinski definition) is 2. The van der Waals surface area contributed by atoms with Crippen LogP contribution in [0.15, 0.2) is 41.5 Å². The molecule has 1 aliphatic rings. The summed E-state index contributed by atoms with van der Waals surface area (Å²) in [5.74, 6) is -1.07. The Kier molecular flexibility index (Phi) is 7.98. The van der Waals surface area contributed by atoms with Gasteiger partial charge in [-0.05, 0) is 39.7 Å². The number of alkyl halides is 3. The Morgan fingerprint density at radius 1 is 1.23 bits per heavy atom. The van der Waals surface area contributed by atoms with E-state index in [2.05, 4.69) is 36.2 Å². The minimum atomic E-state index is -3.98. The van der Waals surface area contributed by atoms with E-state index in [1.807, 2.05) is 34.6 Å². The molecule has 1 saturated heterocycles. The molecule has 1 aromatic carbocycles. The van der Waals surface area contributed by atoms with Gasteiger partial charge in [-0.25, -0.2) is 9.29 Å². The molecule has 0 spiro atoms. The van der Waals surface area contributed by atoms with E-state index in [-0.39, 0.29) is 18.4 Å². The van der Waals surface area contributed by atoms with Crippen LogP contribution in [0.5, 0.6) is 0 Å². The van der Waals surface area contributed by atoms with Crippen molar-refractivity contribution in [3.8, 4) is 0 Å². The number of rotatable bonds is 3. The summed E-state index contributed by atoms with van der Waals surface area (Å²) in [6, 6.07) is 9.90. The van der Waals surface area contributed by atoms with Gasteiger partial charge in [0, 0.05) is 34.3 Å². The van der Waals surface area contributed by atoms with Crippen molar-refractivity contribution in [3.63, 3.8) is 0 Å². The van der Waals surface area contributed by atoms with Crippen LogP contribution in [0.2, 0.25) is 0 Å². The predicted molar refractivity (Wildman–Crippen MR) is 123 cm³/mol. The monoisotopic (exact) mass is 569 g/mol. The van der Waals surface area contributed by atoms with Gasteiger partial charge in [-0.15, -0.1) is 0 Å². The summed E-state index contributed by atoms with van der Waals surface area (Å²) in [7, 11) is 1.49. The highest BCUT2D eigenvalue weighted by molar-refractivity contribution is 14.2. The molecule has 0 unspecified atom stereocenters. The standard InChI is InChI=1S/C12H10N4OS.C6H9F3INS/c17-11-9-10(14-7-13-9)16(12(18)15-11)6-8-4-2-1-3-5-8;7-6(8,9)5-1-3-11(12-10)4-2-5/h1-5,7H,6H2,(H,13,14)(H,15,17,18);5H,1-4H2. The van der Waals surface area contributed by atoms with Crippen LogP contribution in [0, 0.1) is 10.7 Å². The highest BCUT2D eigenvalue weighted by Gasteiger charge is 2.40. The van der Waals surface area contributed by atoms with Gasteiger partial charge in [0.2, 0.25) is 0 Å². The number of aromatic nitrogens is 4. The Bertz CT molecular complexity index is 1080. The van der Waals surface area contributed by atoms with E-state index < -0.39 is 12.1 Å². The molecule has 2 N–H and O–H groups in total. The number of fused-ring (bicyclic) bond motifs is 1. The van der Waals surface area contributed by atoms with E-state index in [0.29, 0.717) is 35.6 Å². The molecule has 0 aliphatic carbocycles. The van der Waals surface area contributed by atoms with Crippen molar-refractivity contribution in [1.82, 2.24) is 23.8 Å². The van der Waals surface area contributed by atoms with E-state index in [1.165, 1.54) is 15.4 Å². The summed E-state index contributed by atoms with van der Waals surface area (Å²) in [5, 5.41) is 0. The number of halogens is 4. The van der Waals surface area contributed by atoms with E-state index in [4.69, 9.17) is 12.2 Å².